The number of hydrogen-bond acceptors (Lipinski definition) is 6. The summed E-state index contributed by atoms with van der Waals surface area (Å²) in [5, 5.41) is 6.61. The van der Waals surface area contributed by atoms with E-state index in [4.69, 9.17) is 9.47 Å². The molecule has 2 aromatic heterocycles. The van der Waals surface area contributed by atoms with Crippen LogP contribution in [0.15, 0.2) is 47.8 Å². The van der Waals surface area contributed by atoms with Crippen LogP contribution in [0.3, 0.4) is 0 Å². The number of ether oxygens (including phenoxy) is 2. The molecule has 2 aliphatic heterocycles. The Labute approximate surface area is 172 Å². The standard InChI is InChI=1S/C21H22N4O3S/c26-20(24-11-5-4-9-16(24)21-27-12-13-28-21)18-22-19(17-10-6-14-29-17)25(23-18)15-7-2-1-3-8-15/h1-3,6-8,10,14,16,21H,4-5,9,11-13H2. The summed E-state index contributed by atoms with van der Waals surface area (Å²) in [6.07, 6.45) is 2.54. The first-order valence-electron chi connectivity index (χ1n) is 9.92. The molecule has 4 heterocycles. The van der Waals surface area contributed by atoms with Crippen LogP contribution in [0.4, 0.5) is 0 Å². The van der Waals surface area contributed by atoms with Gasteiger partial charge in [0.05, 0.1) is 29.8 Å². The summed E-state index contributed by atoms with van der Waals surface area (Å²) in [6, 6.07) is 13.7. The summed E-state index contributed by atoms with van der Waals surface area (Å²) in [6.45, 7) is 1.82. The van der Waals surface area contributed by atoms with Gasteiger partial charge in [-0.05, 0) is 42.8 Å². The zero-order chi connectivity index (χ0) is 19.6. The van der Waals surface area contributed by atoms with Crippen molar-refractivity contribution in [1.29, 1.82) is 0 Å². The van der Waals surface area contributed by atoms with Gasteiger partial charge in [-0.15, -0.1) is 16.4 Å². The molecule has 8 heteroatoms. The summed E-state index contributed by atoms with van der Waals surface area (Å²) in [4.78, 5) is 20.9. The van der Waals surface area contributed by atoms with E-state index < -0.39 is 0 Å². The Morgan fingerprint density at radius 1 is 1.07 bits per heavy atom. The summed E-state index contributed by atoms with van der Waals surface area (Å²) >= 11 is 1.58. The number of aromatic nitrogens is 3. The van der Waals surface area contributed by atoms with Crippen LogP contribution in [0.1, 0.15) is 29.9 Å². The minimum absolute atomic E-state index is 0.0902. The van der Waals surface area contributed by atoms with E-state index in [1.54, 1.807) is 16.0 Å². The predicted molar refractivity (Wildman–Crippen MR) is 109 cm³/mol. The molecule has 5 rings (SSSR count). The van der Waals surface area contributed by atoms with E-state index in [1.807, 2.05) is 52.7 Å². The van der Waals surface area contributed by atoms with Crippen LogP contribution in [-0.4, -0.2) is 57.7 Å². The van der Waals surface area contributed by atoms with Crippen LogP contribution in [0.5, 0.6) is 0 Å². The van der Waals surface area contributed by atoms with Crippen molar-refractivity contribution >= 4 is 17.2 Å². The molecule has 29 heavy (non-hydrogen) atoms. The van der Waals surface area contributed by atoms with E-state index in [1.165, 1.54) is 0 Å². The van der Waals surface area contributed by atoms with Crippen molar-refractivity contribution in [3.05, 3.63) is 53.7 Å². The van der Waals surface area contributed by atoms with Crippen molar-refractivity contribution in [2.24, 2.45) is 0 Å². The average Bonchev–Trinajstić information content (AvgIpc) is 3.55. The Morgan fingerprint density at radius 3 is 2.66 bits per heavy atom. The number of para-hydroxylation sites is 1. The van der Waals surface area contributed by atoms with Gasteiger partial charge in [0.2, 0.25) is 5.82 Å². The molecule has 0 N–H and O–H groups in total. The third kappa shape index (κ3) is 3.59. The number of thiophene rings is 1. The fourth-order valence-corrected chi connectivity index (χ4v) is 4.64. The molecule has 1 amide bonds. The quantitative estimate of drug-likeness (QED) is 0.660. The highest BCUT2D eigenvalue weighted by Crippen LogP contribution is 2.28. The maximum atomic E-state index is 13.4. The molecular weight excluding hydrogens is 388 g/mol. The smallest absolute Gasteiger partial charge is 0.293 e. The van der Waals surface area contributed by atoms with Gasteiger partial charge >= 0.3 is 0 Å². The molecule has 2 saturated heterocycles. The lowest BCUT2D eigenvalue weighted by atomic mass is 10.0. The lowest BCUT2D eigenvalue weighted by Crippen LogP contribution is -2.50. The SMILES string of the molecule is O=C(c1nc(-c2cccs2)n(-c2ccccc2)n1)N1CCCCC1C1OCCO1. The summed E-state index contributed by atoms with van der Waals surface area (Å²) in [5.41, 5.74) is 0.875. The molecule has 7 nitrogen and oxygen atoms in total. The fourth-order valence-electron chi connectivity index (χ4n) is 3.94. The normalized spacial score (nSPS) is 20.3. The predicted octanol–water partition coefficient (Wildman–Crippen LogP) is 3.36. The number of rotatable bonds is 4. The fraction of sp³-hybridized carbons (Fsp3) is 0.381. The van der Waals surface area contributed by atoms with Crippen molar-refractivity contribution < 1.29 is 14.3 Å². The van der Waals surface area contributed by atoms with Gasteiger partial charge in [-0.25, -0.2) is 9.67 Å². The van der Waals surface area contributed by atoms with Crippen LogP contribution in [-0.2, 0) is 9.47 Å². The van der Waals surface area contributed by atoms with Crippen molar-refractivity contribution in [2.45, 2.75) is 31.6 Å². The molecule has 3 aromatic rings. The average molecular weight is 410 g/mol. The number of carbonyl (C=O) groups is 1. The molecule has 2 aliphatic rings. The van der Waals surface area contributed by atoms with E-state index in [0.29, 0.717) is 25.6 Å². The van der Waals surface area contributed by atoms with Crippen LogP contribution in [0, 0.1) is 0 Å². The van der Waals surface area contributed by atoms with Gasteiger partial charge in [-0.2, -0.15) is 0 Å². The van der Waals surface area contributed by atoms with Crippen molar-refractivity contribution in [3.8, 4) is 16.4 Å². The van der Waals surface area contributed by atoms with Crippen LogP contribution in [0.25, 0.3) is 16.4 Å². The first kappa shape index (κ1) is 18.5. The number of likely N-dealkylation sites (tertiary alicyclic amines) is 1. The maximum absolute atomic E-state index is 13.4. The second-order valence-corrected chi connectivity index (χ2v) is 8.10. The number of nitrogens with zero attached hydrogens (tertiary/aromatic N) is 4. The molecule has 2 fully saturated rings. The molecule has 1 atom stereocenters. The second-order valence-electron chi connectivity index (χ2n) is 7.16. The number of hydrogen-bond donors (Lipinski definition) is 0. The molecule has 0 bridgehead atoms. The lowest BCUT2D eigenvalue weighted by molar-refractivity contribution is -0.100. The number of carbonyl (C=O) groups excluding carboxylic acids is 1. The Kier molecular flexibility index (Phi) is 5.13. The van der Waals surface area contributed by atoms with Gasteiger partial charge in [0, 0.05) is 6.54 Å². The minimum Gasteiger partial charge on any atom is -0.348 e. The molecule has 0 aliphatic carbocycles. The minimum atomic E-state index is -0.354. The van der Waals surface area contributed by atoms with Gasteiger partial charge in [0.1, 0.15) is 0 Å². The highest BCUT2D eigenvalue weighted by atomic mass is 32.1. The second kappa shape index (κ2) is 8.06. The van der Waals surface area contributed by atoms with Gasteiger partial charge in [0.25, 0.3) is 5.91 Å². The number of amides is 1. The largest absolute Gasteiger partial charge is 0.348 e. The first-order chi connectivity index (χ1) is 14.3. The molecule has 1 unspecified atom stereocenters. The van der Waals surface area contributed by atoms with E-state index in [9.17, 15) is 4.79 Å². The van der Waals surface area contributed by atoms with E-state index in [-0.39, 0.29) is 24.1 Å². The highest BCUT2D eigenvalue weighted by Gasteiger charge is 2.38. The third-order valence-electron chi connectivity index (χ3n) is 5.31. The highest BCUT2D eigenvalue weighted by molar-refractivity contribution is 7.13. The van der Waals surface area contributed by atoms with Gasteiger partial charge < -0.3 is 14.4 Å². The first-order valence-corrected chi connectivity index (χ1v) is 10.8. The number of benzene rings is 1. The Hall–Kier alpha value is -2.55. The monoisotopic (exact) mass is 410 g/mol. The van der Waals surface area contributed by atoms with Gasteiger partial charge in [-0.1, -0.05) is 24.3 Å². The van der Waals surface area contributed by atoms with Crippen LogP contribution < -0.4 is 0 Å². The van der Waals surface area contributed by atoms with E-state index in [0.717, 1.165) is 29.8 Å². The van der Waals surface area contributed by atoms with E-state index in [2.05, 4.69) is 10.1 Å². The van der Waals surface area contributed by atoms with E-state index >= 15 is 0 Å². The summed E-state index contributed by atoms with van der Waals surface area (Å²) in [7, 11) is 0. The van der Waals surface area contributed by atoms with Gasteiger partial charge in [0.15, 0.2) is 12.1 Å². The molecule has 0 saturated carbocycles. The zero-order valence-electron chi connectivity index (χ0n) is 15.9. The Bertz CT molecular complexity index is 967. The summed E-state index contributed by atoms with van der Waals surface area (Å²) in [5.74, 6) is 0.722. The molecule has 150 valence electrons. The number of piperidine rings is 1. The summed E-state index contributed by atoms with van der Waals surface area (Å²) < 4.78 is 13.2. The lowest BCUT2D eigenvalue weighted by Gasteiger charge is -2.37. The molecular formula is C21H22N4O3S. The van der Waals surface area contributed by atoms with Crippen molar-refractivity contribution in [3.63, 3.8) is 0 Å². The maximum Gasteiger partial charge on any atom is 0.293 e. The molecule has 0 spiro atoms. The molecule has 1 aromatic carbocycles. The third-order valence-corrected chi connectivity index (χ3v) is 6.18. The van der Waals surface area contributed by atoms with Crippen LogP contribution >= 0.6 is 11.3 Å². The Morgan fingerprint density at radius 2 is 1.90 bits per heavy atom. The van der Waals surface area contributed by atoms with Crippen molar-refractivity contribution in [2.75, 3.05) is 19.8 Å². The van der Waals surface area contributed by atoms with Crippen LogP contribution in [0.2, 0.25) is 0 Å². The molecule has 0 radical (unpaired) electrons. The van der Waals surface area contributed by atoms with Gasteiger partial charge in [-0.3, -0.25) is 4.79 Å². The Balaban J connectivity index is 1.51. The van der Waals surface area contributed by atoms with Crippen molar-refractivity contribution in [1.82, 2.24) is 19.7 Å². The zero-order valence-corrected chi connectivity index (χ0v) is 16.8. The topological polar surface area (TPSA) is 69.5 Å².